The van der Waals surface area contributed by atoms with Gasteiger partial charge in [0.25, 0.3) is 0 Å². The fourth-order valence-corrected chi connectivity index (χ4v) is 4.60. The number of carbonyl (C=O) groups excluding carboxylic acids is 2. The topological polar surface area (TPSA) is 65.8 Å². The lowest BCUT2D eigenvalue weighted by Crippen LogP contribution is -2.43. The molecule has 6 nitrogen and oxygen atoms in total. The maximum absolute atomic E-state index is 13.6. The molecule has 0 fully saturated rings. The number of hydrogen-bond donors (Lipinski definition) is 1. The number of amides is 3. The van der Waals surface area contributed by atoms with Crippen molar-refractivity contribution in [2.45, 2.75) is 33.5 Å². The summed E-state index contributed by atoms with van der Waals surface area (Å²) in [6.45, 7) is 4.66. The van der Waals surface area contributed by atoms with Gasteiger partial charge >= 0.3 is 6.03 Å². The second-order valence-electron chi connectivity index (χ2n) is 8.62. The predicted molar refractivity (Wildman–Crippen MR) is 139 cm³/mol. The lowest BCUT2D eigenvalue weighted by atomic mass is 10.2. The second-order valence-corrected chi connectivity index (χ2v) is 9.99. The average molecular weight is 506 g/mol. The Bertz CT molecular complexity index is 1280. The first-order valence-corrected chi connectivity index (χ1v) is 12.4. The molecule has 1 N–H and O–H groups in total. The minimum atomic E-state index is -0.405. The number of furan rings is 1. The number of thiophene rings is 1. The molecule has 0 aliphatic heterocycles. The predicted octanol–water partition coefficient (Wildman–Crippen LogP) is 6.36. The number of hydrogen-bond acceptors (Lipinski definition) is 4. The standard InChI is InChI=1S/C28H28FN3O3S/c1-20-5-12-24(13-6-20)30-28(34)32(17-25-4-3-15-35-25)19-27(33)31(18-26-14-7-21(2)36-26)16-22-8-10-23(29)11-9-22/h3-15H,16-19H2,1-2H3,(H,30,34). The van der Waals surface area contributed by atoms with Crippen molar-refractivity contribution in [2.75, 3.05) is 11.9 Å². The minimum Gasteiger partial charge on any atom is -0.467 e. The van der Waals surface area contributed by atoms with Gasteiger partial charge in [-0.2, -0.15) is 0 Å². The monoisotopic (exact) mass is 505 g/mol. The van der Waals surface area contributed by atoms with E-state index in [2.05, 4.69) is 5.32 Å². The third kappa shape index (κ3) is 7.05. The number of anilines is 1. The molecule has 0 saturated heterocycles. The Balaban J connectivity index is 1.54. The molecule has 4 aromatic rings. The normalized spacial score (nSPS) is 10.8. The van der Waals surface area contributed by atoms with Crippen molar-refractivity contribution in [2.24, 2.45) is 0 Å². The van der Waals surface area contributed by atoms with Crippen molar-refractivity contribution in [3.05, 3.63) is 112 Å². The number of benzene rings is 2. The second kappa shape index (κ2) is 11.7. The molecule has 2 heterocycles. The number of nitrogens with zero attached hydrogens (tertiary/aromatic N) is 2. The summed E-state index contributed by atoms with van der Waals surface area (Å²) < 4.78 is 18.9. The molecule has 0 unspecified atom stereocenters. The van der Waals surface area contributed by atoms with E-state index in [1.165, 1.54) is 23.3 Å². The van der Waals surface area contributed by atoms with Crippen LogP contribution in [0.1, 0.15) is 26.6 Å². The van der Waals surface area contributed by atoms with Gasteiger partial charge in [-0.15, -0.1) is 11.3 Å². The van der Waals surface area contributed by atoms with Crippen LogP contribution >= 0.6 is 11.3 Å². The SMILES string of the molecule is Cc1ccc(NC(=O)N(CC(=O)N(Cc2ccc(F)cc2)Cc2ccc(C)s2)Cc2ccco2)cc1. The van der Waals surface area contributed by atoms with Gasteiger partial charge in [-0.05, 0) is 67.9 Å². The first-order chi connectivity index (χ1) is 17.4. The summed E-state index contributed by atoms with van der Waals surface area (Å²) in [5, 5.41) is 2.87. The zero-order valence-electron chi connectivity index (χ0n) is 20.2. The van der Waals surface area contributed by atoms with Gasteiger partial charge in [0, 0.05) is 22.0 Å². The first kappa shape index (κ1) is 25.2. The van der Waals surface area contributed by atoms with Gasteiger partial charge in [-0.3, -0.25) is 4.79 Å². The molecule has 0 radical (unpaired) electrons. The highest BCUT2D eigenvalue weighted by atomic mass is 32.1. The van der Waals surface area contributed by atoms with Gasteiger partial charge in [-0.1, -0.05) is 29.8 Å². The summed E-state index contributed by atoms with van der Waals surface area (Å²) in [5.74, 6) is 0.0136. The van der Waals surface area contributed by atoms with Crippen LogP contribution in [0, 0.1) is 19.7 Å². The van der Waals surface area contributed by atoms with E-state index in [0.717, 1.165) is 20.9 Å². The molecule has 186 valence electrons. The Labute approximate surface area is 214 Å². The first-order valence-electron chi connectivity index (χ1n) is 11.6. The van der Waals surface area contributed by atoms with Crippen molar-refractivity contribution >= 4 is 29.0 Å². The van der Waals surface area contributed by atoms with Crippen LogP contribution in [0.5, 0.6) is 0 Å². The zero-order valence-corrected chi connectivity index (χ0v) is 21.1. The van der Waals surface area contributed by atoms with E-state index < -0.39 is 6.03 Å². The van der Waals surface area contributed by atoms with Gasteiger partial charge in [0.2, 0.25) is 5.91 Å². The summed E-state index contributed by atoms with van der Waals surface area (Å²) in [4.78, 5) is 32.1. The number of halogens is 1. The van der Waals surface area contributed by atoms with Crippen LogP contribution in [0.15, 0.2) is 83.5 Å². The highest BCUT2D eigenvalue weighted by Gasteiger charge is 2.23. The molecule has 8 heteroatoms. The largest absolute Gasteiger partial charge is 0.467 e. The quantitative estimate of drug-likeness (QED) is 0.288. The number of carbonyl (C=O) groups is 2. The Morgan fingerprint density at radius 2 is 1.64 bits per heavy atom. The highest BCUT2D eigenvalue weighted by molar-refractivity contribution is 7.11. The van der Waals surface area contributed by atoms with Crippen LogP contribution in [0.25, 0.3) is 0 Å². The molecule has 0 atom stereocenters. The Kier molecular flexibility index (Phi) is 8.17. The lowest BCUT2D eigenvalue weighted by Gasteiger charge is -2.27. The summed E-state index contributed by atoms with van der Waals surface area (Å²) in [6, 6.07) is 20.7. The highest BCUT2D eigenvalue weighted by Crippen LogP contribution is 2.20. The molecule has 0 bridgehead atoms. The van der Waals surface area contributed by atoms with Crippen LogP contribution < -0.4 is 5.32 Å². The van der Waals surface area contributed by atoms with Gasteiger partial charge in [0.05, 0.1) is 19.4 Å². The molecule has 36 heavy (non-hydrogen) atoms. The van der Waals surface area contributed by atoms with E-state index in [9.17, 15) is 14.0 Å². The van der Waals surface area contributed by atoms with Gasteiger partial charge < -0.3 is 19.5 Å². The van der Waals surface area contributed by atoms with Crippen molar-refractivity contribution in [1.29, 1.82) is 0 Å². The number of urea groups is 1. The van der Waals surface area contributed by atoms with E-state index in [1.807, 2.05) is 50.2 Å². The minimum absolute atomic E-state index is 0.138. The molecule has 2 aromatic heterocycles. The third-order valence-electron chi connectivity index (χ3n) is 5.63. The maximum atomic E-state index is 13.6. The Morgan fingerprint density at radius 3 is 2.28 bits per heavy atom. The smallest absolute Gasteiger partial charge is 0.322 e. The zero-order chi connectivity index (χ0) is 25.5. The van der Waals surface area contributed by atoms with E-state index in [0.29, 0.717) is 24.5 Å². The molecular formula is C28H28FN3O3S. The fourth-order valence-electron chi connectivity index (χ4n) is 3.69. The van der Waals surface area contributed by atoms with E-state index in [-0.39, 0.29) is 24.8 Å². The van der Waals surface area contributed by atoms with Crippen LogP contribution in [-0.4, -0.2) is 28.3 Å². The molecule has 3 amide bonds. The number of nitrogens with one attached hydrogen (secondary N) is 1. The fraction of sp³-hybridized carbons (Fsp3) is 0.214. The van der Waals surface area contributed by atoms with Crippen LogP contribution in [0.4, 0.5) is 14.9 Å². The van der Waals surface area contributed by atoms with Crippen LogP contribution in [0.3, 0.4) is 0 Å². The van der Waals surface area contributed by atoms with Gasteiger partial charge in [0.1, 0.15) is 18.1 Å². The number of aryl methyl sites for hydroxylation is 2. The van der Waals surface area contributed by atoms with Crippen molar-refractivity contribution in [3.8, 4) is 0 Å². The van der Waals surface area contributed by atoms with E-state index in [4.69, 9.17) is 4.42 Å². The lowest BCUT2D eigenvalue weighted by molar-refractivity contribution is -0.133. The van der Waals surface area contributed by atoms with Crippen molar-refractivity contribution in [3.63, 3.8) is 0 Å². The molecule has 4 rings (SSSR count). The van der Waals surface area contributed by atoms with Crippen LogP contribution in [0.2, 0.25) is 0 Å². The molecule has 0 spiro atoms. The number of rotatable bonds is 9. The van der Waals surface area contributed by atoms with Crippen LogP contribution in [-0.2, 0) is 24.4 Å². The average Bonchev–Trinajstić information content (AvgIpc) is 3.52. The summed E-state index contributed by atoms with van der Waals surface area (Å²) in [6.07, 6.45) is 1.53. The summed E-state index contributed by atoms with van der Waals surface area (Å²) >= 11 is 1.62. The molecule has 2 aromatic carbocycles. The maximum Gasteiger partial charge on any atom is 0.322 e. The summed E-state index contributed by atoms with van der Waals surface area (Å²) in [7, 11) is 0. The van der Waals surface area contributed by atoms with E-state index >= 15 is 0 Å². The Hall–Kier alpha value is -3.91. The Morgan fingerprint density at radius 1 is 0.889 bits per heavy atom. The van der Waals surface area contributed by atoms with E-state index in [1.54, 1.807) is 40.5 Å². The van der Waals surface area contributed by atoms with Gasteiger partial charge in [0.15, 0.2) is 0 Å². The van der Waals surface area contributed by atoms with Crippen molar-refractivity contribution in [1.82, 2.24) is 9.80 Å². The molecule has 0 aliphatic carbocycles. The van der Waals surface area contributed by atoms with Crippen molar-refractivity contribution < 1.29 is 18.4 Å². The molecule has 0 saturated carbocycles. The third-order valence-corrected chi connectivity index (χ3v) is 6.61. The summed E-state index contributed by atoms with van der Waals surface area (Å²) in [5.41, 5.74) is 2.52. The van der Waals surface area contributed by atoms with Gasteiger partial charge in [-0.25, -0.2) is 9.18 Å². The molecular weight excluding hydrogens is 477 g/mol. The molecule has 0 aliphatic rings.